The Morgan fingerprint density at radius 1 is 1.61 bits per heavy atom. The number of rotatable bonds is 1. The molecule has 6 heteroatoms. The van der Waals surface area contributed by atoms with Crippen molar-refractivity contribution in [2.75, 3.05) is 13.1 Å². The molecule has 2 rings (SSSR count). The van der Waals surface area contributed by atoms with E-state index in [-0.39, 0.29) is 17.0 Å². The van der Waals surface area contributed by atoms with E-state index >= 15 is 0 Å². The van der Waals surface area contributed by atoms with Gasteiger partial charge in [-0.05, 0) is 27.2 Å². The van der Waals surface area contributed by atoms with Crippen LogP contribution >= 0.6 is 11.0 Å². The highest BCUT2D eigenvalue weighted by atomic mass is 32.2. The molecule has 1 amide bonds. The Morgan fingerprint density at radius 3 is 3.00 bits per heavy atom. The lowest BCUT2D eigenvalue weighted by Crippen LogP contribution is -2.35. The number of carbonyl (C=O) groups is 1. The third-order valence-corrected chi connectivity index (χ3v) is 3.92. The lowest BCUT2D eigenvalue weighted by atomic mass is 10.2. The quantitative estimate of drug-likeness (QED) is 0.744. The van der Waals surface area contributed by atoms with Crippen molar-refractivity contribution in [2.45, 2.75) is 32.8 Å². The maximum atomic E-state index is 11.9. The van der Waals surface area contributed by atoms with E-state index in [0.29, 0.717) is 12.5 Å². The van der Waals surface area contributed by atoms with Crippen molar-refractivity contribution >= 4 is 22.4 Å². The number of likely N-dealkylation sites (tertiary alicyclic amines) is 1. The molecule has 1 N–H and O–H groups in total. The van der Waals surface area contributed by atoms with E-state index in [4.69, 9.17) is 8.92 Å². The fourth-order valence-corrected chi connectivity index (χ4v) is 2.98. The van der Waals surface area contributed by atoms with Crippen molar-refractivity contribution < 1.29 is 13.7 Å². The molecule has 0 spiro atoms. The van der Waals surface area contributed by atoms with E-state index in [0.717, 1.165) is 13.0 Å². The van der Waals surface area contributed by atoms with Crippen LogP contribution in [-0.4, -0.2) is 35.1 Å². The normalized spacial score (nSPS) is 27.2. The Hall–Kier alpha value is -1.17. The minimum atomic E-state index is -0.430. The fraction of sp³-hybridized carbons (Fsp3) is 0.667. The second-order valence-electron chi connectivity index (χ2n) is 5.43. The smallest absolute Gasteiger partial charge is 0.410 e. The number of carbonyl (C=O) groups excluding carboxylic acids is 1. The molecule has 0 saturated carbocycles. The van der Waals surface area contributed by atoms with E-state index in [2.05, 4.69) is 10.1 Å². The lowest BCUT2D eigenvalue weighted by Gasteiger charge is -2.24. The first-order chi connectivity index (χ1) is 8.44. The summed E-state index contributed by atoms with van der Waals surface area (Å²) in [5.41, 5.74) is -0.430. The molecule has 102 valence electrons. The molecule has 2 aliphatic rings. The average molecular weight is 272 g/mol. The zero-order valence-corrected chi connectivity index (χ0v) is 11.8. The van der Waals surface area contributed by atoms with Crippen LogP contribution in [0.25, 0.3) is 0 Å². The van der Waals surface area contributed by atoms with Gasteiger partial charge in [0.15, 0.2) is 0 Å². The van der Waals surface area contributed by atoms with Gasteiger partial charge in [-0.25, -0.2) is 4.79 Å². The van der Waals surface area contributed by atoms with Gasteiger partial charge in [-0.3, -0.25) is 0 Å². The van der Waals surface area contributed by atoms with Crippen LogP contribution in [0.3, 0.4) is 0 Å². The Labute approximate surface area is 110 Å². The number of hydrogen-bond donors (Lipinski definition) is 1. The van der Waals surface area contributed by atoms with Crippen LogP contribution in [0.4, 0.5) is 4.79 Å². The largest absolute Gasteiger partial charge is 0.444 e. The summed E-state index contributed by atoms with van der Waals surface area (Å²) in [6, 6.07) is 0. The highest BCUT2D eigenvalue weighted by Gasteiger charge is 2.29. The van der Waals surface area contributed by atoms with Gasteiger partial charge < -0.3 is 18.5 Å². The van der Waals surface area contributed by atoms with Gasteiger partial charge >= 0.3 is 6.09 Å². The van der Waals surface area contributed by atoms with Crippen molar-refractivity contribution in [1.82, 2.24) is 9.62 Å². The third kappa shape index (κ3) is 3.66. The molecule has 0 aromatic heterocycles. The van der Waals surface area contributed by atoms with Crippen LogP contribution in [0, 0.1) is 5.92 Å². The van der Waals surface area contributed by atoms with E-state index < -0.39 is 5.60 Å². The van der Waals surface area contributed by atoms with Gasteiger partial charge in [-0.1, -0.05) is 0 Å². The van der Waals surface area contributed by atoms with Crippen molar-refractivity contribution in [1.29, 1.82) is 0 Å². The second-order valence-corrected chi connectivity index (χ2v) is 6.72. The first kappa shape index (κ1) is 13.3. The van der Waals surface area contributed by atoms with Crippen LogP contribution in [0.1, 0.15) is 27.2 Å². The molecular formula is C12H20N2O3S. The first-order valence-electron chi connectivity index (χ1n) is 6.08. The van der Waals surface area contributed by atoms with Gasteiger partial charge in [0.1, 0.15) is 11.9 Å². The van der Waals surface area contributed by atoms with Gasteiger partial charge in [0.25, 0.3) is 0 Å². The summed E-state index contributed by atoms with van der Waals surface area (Å²) in [6.07, 6.45) is 4.19. The molecule has 0 aliphatic carbocycles. The SMILES string of the molecule is CC(C)(C)OC(=O)N1CCC(C=S2NC=CO2)C1. The molecule has 0 aromatic rings. The molecule has 18 heavy (non-hydrogen) atoms. The van der Waals surface area contributed by atoms with Gasteiger partial charge in [-0.2, -0.15) is 0 Å². The van der Waals surface area contributed by atoms with Gasteiger partial charge in [0.2, 0.25) is 0 Å². The van der Waals surface area contributed by atoms with Crippen LogP contribution < -0.4 is 4.72 Å². The number of hydrogen-bond acceptors (Lipinski definition) is 4. The maximum Gasteiger partial charge on any atom is 0.410 e. The highest BCUT2D eigenvalue weighted by Crippen LogP contribution is 2.23. The molecule has 1 saturated heterocycles. The number of nitrogens with one attached hydrogen (secondary N) is 1. The monoisotopic (exact) mass is 272 g/mol. The summed E-state index contributed by atoms with van der Waals surface area (Å²) in [5, 5.41) is 2.13. The molecule has 2 atom stereocenters. The topological polar surface area (TPSA) is 50.8 Å². The van der Waals surface area contributed by atoms with E-state index in [1.54, 1.807) is 17.4 Å². The minimum absolute atomic E-state index is 0.222. The number of amides is 1. The van der Waals surface area contributed by atoms with Crippen LogP contribution in [-0.2, 0) is 8.92 Å². The molecule has 2 heterocycles. The Bertz CT molecular complexity index is 377. The standard InChI is InChI=1S/C12H20N2O3S/c1-12(2,3)17-11(15)14-6-4-10(8-14)9-18-13-5-7-16-18/h5,7,9-10,13H,4,6,8H2,1-3H3. The zero-order chi connectivity index (χ0) is 13.2. The molecule has 5 nitrogen and oxygen atoms in total. The van der Waals surface area contributed by atoms with Crippen molar-refractivity contribution in [2.24, 2.45) is 5.92 Å². The molecule has 1 fully saturated rings. The van der Waals surface area contributed by atoms with Crippen molar-refractivity contribution in [3.8, 4) is 0 Å². The van der Waals surface area contributed by atoms with Gasteiger partial charge in [0, 0.05) is 30.6 Å². The minimum Gasteiger partial charge on any atom is -0.444 e. The van der Waals surface area contributed by atoms with Crippen LogP contribution in [0.5, 0.6) is 0 Å². The predicted octanol–water partition coefficient (Wildman–Crippen LogP) is 2.24. The summed E-state index contributed by atoms with van der Waals surface area (Å²) < 4.78 is 13.8. The average Bonchev–Trinajstić information content (AvgIpc) is 2.86. The molecule has 2 unspecified atom stereocenters. The molecule has 0 aromatic carbocycles. The summed E-state index contributed by atoms with van der Waals surface area (Å²) in [6.45, 7) is 7.11. The van der Waals surface area contributed by atoms with Crippen LogP contribution in [0.2, 0.25) is 0 Å². The molecular weight excluding hydrogens is 252 g/mol. The van der Waals surface area contributed by atoms with Crippen molar-refractivity contribution in [3.63, 3.8) is 0 Å². The predicted molar refractivity (Wildman–Crippen MR) is 72.9 cm³/mol. The first-order valence-corrected chi connectivity index (χ1v) is 7.30. The van der Waals surface area contributed by atoms with E-state index in [1.165, 1.54) is 0 Å². The second kappa shape index (κ2) is 5.22. The Morgan fingerprint density at radius 2 is 2.39 bits per heavy atom. The number of nitrogens with zero attached hydrogens (tertiary/aromatic N) is 1. The molecule has 0 radical (unpaired) electrons. The lowest BCUT2D eigenvalue weighted by molar-refractivity contribution is 0.0292. The number of ether oxygens (including phenoxy) is 1. The van der Waals surface area contributed by atoms with E-state index in [1.807, 2.05) is 20.8 Å². The Balaban J connectivity index is 1.84. The Kier molecular flexibility index (Phi) is 3.85. The maximum absolute atomic E-state index is 11.9. The van der Waals surface area contributed by atoms with Gasteiger partial charge in [-0.15, -0.1) is 0 Å². The zero-order valence-electron chi connectivity index (χ0n) is 11.0. The summed E-state index contributed by atoms with van der Waals surface area (Å²) in [7, 11) is -0.329. The summed E-state index contributed by atoms with van der Waals surface area (Å²) in [5.74, 6) is 0.369. The summed E-state index contributed by atoms with van der Waals surface area (Å²) >= 11 is 0. The van der Waals surface area contributed by atoms with Gasteiger partial charge in [0.05, 0.1) is 11.0 Å². The molecule has 2 aliphatic heterocycles. The third-order valence-electron chi connectivity index (χ3n) is 2.60. The molecule has 0 bridgehead atoms. The fourth-order valence-electron chi connectivity index (χ4n) is 1.85. The highest BCUT2D eigenvalue weighted by molar-refractivity contribution is 8.09. The van der Waals surface area contributed by atoms with Crippen LogP contribution in [0.15, 0.2) is 12.5 Å². The van der Waals surface area contributed by atoms with E-state index in [9.17, 15) is 4.79 Å². The summed E-state index contributed by atoms with van der Waals surface area (Å²) in [4.78, 5) is 13.6. The van der Waals surface area contributed by atoms with Crippen molar-refractivity contribution in [3.05, 3.63) is 12.5 Å².